The number of rotatable bonds is 5. The van der Waals surface area contributed by atoms with Crippen LogP contribution in [0.15, 0.2) is 18.2 Å². The molecular formula is C14H22ClN3O2S. The van der Waals surface area contributed by atoms with E-state index < -0.39 is 10.2 Å². The highest BCUT2D eigenvalue weighted by atomic mass is 35.5. The van der Waals surface area contributed by atoms with Gasteiger partial charge in [0.1, 0.15) is 0 Å². The van der Waals surface area contributed by atoms with Crippen molar-refractivity contribution in [1.29, 1.82) is 0 Å². The summed E-state index contributed by atoms with van der Waals surface area (Å²) in [5.41, 5.74) is 1.43. The van der Waals surface area contributed by atoms with Crippen molar-refractivity contribution in [3.8, 4) is 0 Å². The minimum atomic E-state index is -3.53. The second kappa shape index (κ2) is 6.96. The fourth-order valence-electron chi connectivity index (χ4n) is 2.55. The Bertz CT molecular complexity index is 584. The third-order valence-corrected chi connectivity index (χ3v) is 5.61. The summed E-state index contributed by atoms with van der Waals surface area (Å²) in [7, 11) is -1.61. The van der Waals surface area contributed by atoms with E-state index in [0.717, 1.165) is 24.9 Å². The Balaban J connectivity index is 2.02. The smallest absolute Gasteiger partial charge is 0.301 e. The molecule has 1 aliphatic heterocycles. The van der Waals surface area contributed by atoms with Crippen molar-refractivity contribution in [1.82, 2.24) is 9.62 Å². The molecule has 0 spiro atoms. The van der Waals surface area contributed by atoms with Crippen molar-refractivity contribution in [3.63, 3.8) is 0 Å². The number of benzene rings is 1. The molecule has 0 radical (unpaired) electrons. The van der Waals surface area contributed by atoms with E-state index in [1.807, 2.05) is 20.0 Å². The van der Waals surface area contributed by atoms with E-state index in [9.17, 15) is 8.42 Å². The van der Waals surface area contributed by atoms with E-state index in [-0.39, 0.29) is 0 Å². The summed E-state index contributed by atoms with van der Waals surface area (Å²) in [5.74, 6) is 0.546. The van der Waals surface area contributed by atoms with Gasteiger partial charge in [-0.1, -0.05) is 17.7 Å². The normalized spacial score (nSPS) is 17.9. The van der Waals surface area contributed by atoms with Gasteiger partial charge in [-0.3, -0.25) is 4.72 Å². The van der Waals surface area contributed by atoms with Crippen LogP contribution in [0.2, 0.25) is 5.02 Å². The molecule has 1 aliphatic rings. The monoisotopic (exact) mass is 331 g/mol. The van der Waals surface area contributed by atoms with E-state index in [4.69, 9.17) is 11.6 Å². The lowest BCUT2D eigenvalue weighted by atomic mass is 9.98. The zero-order chi connectivity index (χ0) is 15.5. The minimum absolute atomic E-state index is 0.420. The average Bonchev–Trinajstić information content (AvgIpc) is 2.43. The molecule has 1 saturated heterocycles. The van der Waals surface area contributed by atoms with Crippen molar-refractivity contribution in [2.75, 3.05) is 31.4 Å². The Kier molecular flexibility index (Phi) is 5.48. The summed E-state index contributed by atoms with van der Waals surface area (Å²) >= 11 is 6.09. The van der Waals surface area contributed by atoms with Crippen molar-refractivity contribution in [2.45, 2.75) is 19.8 Å². The third-order valence-electron chi connectivity index (χ3n) is 3.77. The van der Waals surface area contributed by atoms with Crippen LogP contribution < -0.4 is 10.0 Å². The van der Waals surface area contributed by atoms with E-state index in [0.29, 0.717) is 29.7 Å². The van der Waals surface area contributed by atoms with Gasteiger partial charge in [0.25, 0.3) is 0 Å². The molecule has 0 aromatic heterocycles. The van der Waals surface area contributed by atoms with Crippen molar-refractivity contribution < 1.29 is 8.42 Å². The maximum Gasteiger partial charge on any atom is 0.301 e. The quantitative estimate of drug-likeness (QED) is 0.869. The van der Waals surface area contributed by atoms with Crippen molar-refractivity contribution >= 4 is 27.5 Å². The second-order valence-electron chi connectivity index (χ2n) is 5.49. The van der Waals surface area contributed by atoms with Crippen molar-refractivity contribution in [3.05, 3.63) is 28.8 Å². The lowest BCUT2D eigenvalue weighted by Crippen LogP contribution is -2.43. The van der Waals surface area contributed by atoms with Crippen LogP contribution >= 0.6 is 11.6 Å². The largest absolute Gasteiger partial charge is 0.319 e. The summed E-state index contributed by atoms with van der Waals surface area (Å²) in [5, 5.41) is 3.56. The number of halogens is 1. The maximum atomic E-state index is 12.4. The minimum Gasteiger partial charge on any atom is -0.319 e. The topological polar surface area (TPSA) is 61.4 Å². The van der Waals surface area contributed by atoms with Gasteiger partial charge < -0.3 is 5.32 Å². The van der Waals surface area contributed by atoms with Gasteiger partial charge in [-0.25, -0.2) is 0 Å². The molecule has 5 nitrogen and oxygen atoms in total. The number of nitrogens with zero attached hydrogens (tertiary/aromatic N) is 1. The molecule has 0 atom stereocenters. The lowest BCUT2D eigenvalue weighted by Gasteiger charge is -2.31. The standard InChI is InChI=1S/C14H22ClN3O2S/c1-11-3-4-14(13(15)9-11)17-21(19,20)18-7-5-12(6-8-18)10-16-2/h3-4,9,12,16-17H,5-8,10H2,1-2H3. The fraction of sp³-hybridized carbons (Fsp3) is 0.571. The molecule has 0 saturated carbocycles. The first-order valence-corrected chi connectivity index (χ1v) is 8.93. The maximum absolute atomic E-state index is 12.4. The summed E-state index contributed by atoms with van der Waals surface area (Å²) < 4.78 is 28.9. The van der Waals surface area contributed by atoms with Crippen LogP contribution in [0, 0.1) is 12.8 Å². The molecule has 1 heterocycles. The molecule has 7 heteroatoms. The van der Waals surface area contributed by atoms with Gasteiger partial charge in [-0.2, -0.15) is 12.7 Å². The van der Waals surface area contributed by atoms with E-state index >= 15 is 0 Å². The van der Waals surface area contributed by atoms with Gasteiger partial charge in [-0.15, -0.1) is 0 Å². The van der Waals surface area contributed by atoms with Gasteiger partial charge >= 0.3 is 10.2 Å². The molecule has 2 N–H and O–H groups in total. The average molecular weight is 332 g/mol. The first-order chi connectivity index (χ1) is 9.92. The van der Waals surface area contributed by atoms with E-state index in [1.165, 1.54) is 4.31 Å². The summed E-state index contributed by atoms with van der Waals surface area (Å²) in [6, 6.07) is 5.28. The zero-order valence-corrected chi connectivity index (χ0v) is 14.0. The van der Waals surface area contributed by atoms with Crippen LogP contribution in [-0.2, 0) is 10.2 Å². The lowest BCUT2D eigenvalue weighted by molar-refractivity contribution is 0.272. The highest BCUT2D eigenvalue weighted by molar-refractivity contribution is 7.90. The number of anilines is 1. The Hall–Kier alpha value is -0.820. The third kappa shape index (κ3) is 4.32. The molecular weight excluding hydrogens is 310 g/mol. The summed E-state index contributed by atoms with van der Waals surface area (Å²) in [4.78, 5) is 0. The molecule has 1 aromatic carbocycles. The zero-order valence-electron chi connectivity index (χ0n) is 12.4. The first-order valence-electron chi connectivity index (χ1n) is 7.11. The molecule has 1 aromatic rings. The second-order valence-corrected chi connectivity index (χ2v) is 7.57. The number of hydrogen-bond acceptors (Lipinski definition) is 3. The van der Waals surface area contributed by atoms with E-state index in [2.05, 4.69) is 10.0 Å². The van der Waals surface area contributed by atoms with Gasteiger partial charge in [0.05, 0.1) is 10.7 Å². The van der Waals surface area contributed by atoms with Gasteiger partial charge in [-0.05, 0) is 57.0 Å². The Morgan fingerprint density at radius 1 is 1.33 bits per heavy atom. The van der Waals surface area contributed by atoms with Crippen LogP contribution in [0.25, 0.3) is 0 Å². The van der Waals surface area contributed by atoms with E-state index in [1.54, 1.807) is 12.1 Å². The molecule has 2 rings (SSSR count). The molecule has 118 valence electrons. The number of nitrogens with one attached hydrogen (secondary N) is 2. The van der Waals surface area contributed by atoms with Crippen LogP contribution in [0.4, 0.5) is 5.69 Å². The Morgan fingerprint density at radius 3 is 2.57 bits per heavy atom. The highest BCUT2D eigenvalue weighted by Gasteiger charge is 2.28. The number of aryl methyl sites for hydroxylation is 1. The van der Waals surface area contributed by atoms with Crippen molar-refractivity contribution in [2.24, 2.45) is 5.92 Å². The summed E-state index contributed by atoms with van der Waals surface area (Å²) in [6.07, 6.45) is 1.76. The fourth-order valence-corrected chi connectivity index (χ4v) is 4.16. The molecule has 0 unspecified atom stereocenters. The predicted molar refractivity (Wildman–Crippen MR) is 87.0 cm³/mol. The Labute approximate surface area is 131 Å². The van der Waals surface area contributed by atoms with Gasteiger partial charge in [0.15, 0.2) is 0 Å². The molecule has 0 bridgehead atoms. The highest BCUT2D eigenvalue weighted by Crippen LogP contribution is 2.26. The van der Waals surface area contributed by atoms with Crippen LogP contribution in [0.3, 0.4) is 0 Å². The molecule has 21 heavy (non-hydrogen) atoms. The Morgan fingerprint density at radius 2 is 2.00 bits per heavy atom. The van der Waals surface area contributed by atoms with Gasteiger partial charge in [0.2, 0.25) is 0 Å². The van der Waals surface area contributed by atoms with Crippen LogP contribution in [-0.4, -0.2) is 39.4 Å². The van der Waals surface area contributed by atoms with Crippen LogP contribution in [0.1, 0.15) is 18.4 Å². The number of hydrogen-bond donors (Lipinski definition) is 2. The predicted octanol–water partition coefficient (Wildman–Crippen LogP) is 2.24. The SMILES string of the molecule is CNCC1CCN(S(=O)(=O)Nc2ccc(C)cc2Cl)CC1. The molecule has 0 amide bonds. The summed E-state index contributed by atoms with van der Waals surface area (Å²) in [6.45, 7) is 3.94. The molecule has 0 aliphatic carbocycles. The molecule has 1 fully saturated rings. The van der Waals surface area contributed by atoms with Crippen LogP contribution in [0.5, 0.6) is 0 Å². The first kappa shape index (κ1) is 16.5. The number of piperidine rings is 1. The van der Waals surface area contributed by atoms with Gasteiger partial charge in [0, 0.05) is 13.1 Å².